The number of carbonyl (C=O) groups excluding carboxylic acids is 1. The topological polar surface area (TPSA) is 65.2 Å². The van der Waals surface area contributed by atoms with Gasteiger partial charge in [-0.3, -0.25) is 4.79 Å². The molecule has 0 aliphatic heterocycles. The molecule has 0 amide bonds. The van der Waals surface area contributed by atoms with Gasteiger partial charge in [0.1, 0.15) is 0 Å². The number of halogens is 3. The van der Waals surface area contributed by atoms with E-state index in [1.165, 1.54) is 0 Å². The zero-order chi connectivity index (χ0) is 12.3. The third-order valence-corrected chi connectivity index (χ3v) is 1.92. The number of aldehydes is 1. The summed E-state index contributed by atoms with van der Waals surface area (Å²) in [5.74, 6) is -0.678. The number of pyridine rings is 1. The van der Waals surface area contributed by atoms with E-state index in [1.54, 1.807) is 6.92 Å². The second kappa shape index (κ2) is 4.48. The molecule has 16 heavy (non-hydrogen) atoms. The SMILES string of the molecule is Cc1cnc(OC(F)(F)F)c(CN)c1C=O. The van der Waals surface area contributed by atoms with E-state index in [0.29, 0.717) is 11.8 Å². The van der Waals surface area contributed by atoms with Crippen molar-refractivity contribution in [2.75, 3.05) is 0 Å². The smallest absolute Gasteiger partial charge is 0.388 e. The highest BCUT2D eigenvalue weighted by Gasteiger charge is 2.33. The molecule has 1 heterocycles. The Morgan fingerprint density at radius 2 is 2.19 bits per heavy atom. The van der Waals surface area contributed by atoms with Gasteiger partial charge in [0, 0.05) is 23.9 Å². The van der Waals surface area contributed by atoms with Gasteiger partial charge in [-0.2, -0.15) is 0 Å². The minimum absolute atomic E-state index is 0.0488. The Labute approximate surface area is 89.2 Å². The summed E-state index contributed by atoms with van der Waals surface area (Å²) in [5, 5.41) is 0. The van der Waals surface area contributed by atoms with E-state index in [4.69, 9.17) is 5.73 Å². The molecule has 1 rings (SSSR count). The number of aromatic nitrogens is 1. The van der Waals surface area contributed by atoms with Gasteiger partial charge in [-0.05, 0) is 12.5 Å². The number of nitrogens with zero attached hydrogens (tertiary/aromatic N) is 1. The van der Waals surface area contributed by atoms with Crippen LogP contribution in [-0.4, -0.2) is 17.6 Å². The van der Waals surface area contributed by atoms with Crippen LogP contribution in [0.3, 0.4) is 0 Å². The third-order valence-electron chi connectivity index (χ3n) is 1.92. The number of carbonyl (C=O) groups is 1. The second-order valence-electron chi connectivity index (χ2n) is 3.01. The fourth-order valence-corrected chi connectivity index (χ4v) is 1.22. The second-order valence-corrected chi connectivity index (χ2v) is 3.01. The Balaban J connectivity index is 3.25. The van der Waals surface area contributed by atoms with Crippen LogP contribution in [0.2, 0.25) is 0 Å². The van der Waals surface area contributed by atoms with E-state index in [1.807, 2.05) is 0 Å². The lowest BCUT2D eigenvalue weighted by Gasteiger charge is -2.13. The first-order chi connectivity index (χ1) is 7.39. The highest BCUT2D eigenvalue weighted by atomic mass is 19.4. The summed E-state index contributed by atoms with van der Waals surface area (Å²) >= 11 is 0. The first-order valence-corrected chi connectivity index (χ1v) is 4.28. The number of aryl methyl sites for hydroxylation is 1. The van der Waals surface area contributed by atoms with Gasteiger partial charge in [0.05, 0.1) is 0 Å². The zero-order valence-electron chi connectivity index (χ0n) is 8.34. The third kappa shape index (κ3) is 2.69. The lowest BCUT2D eigenvalue weighted by Crippen LogP contribution is -2.20. The fraction of sp³-hybridized carbons (Fsp3) is 0.333. The highest BCUT2D eigenvalue weighted by Crippen LogP contribution is 2.26. The lowest BCUT2D eigenvalue weighted by atomic mass is 10.1. The molecule has 0 unspecified atom stereocenters. The van der Waals surface area contributed by atoms with Crippen molar-refractivity contribution in [3.05, 3.63) is 22.9 Å². The van der Waals surface area contributed by atoms with Crippen LogP contribution < -0.4 is 10.5 Å². The first-order valence-electron chi connectivity index (χ1n) is 4.28. The van der Waals surface area contributed by atoms with E-state index in [9.17, 15) is 18.0 Å². The Bertz CT molecular complexity index is 404. The Morgan fingerprint density at radius 3 is 2.62 bits per heavy atom. The predicted molar refractivity (Wildman–Crippen MR) is 48.9 cm³/mol. The average molecular weight is 234 g/mol. The molecule has 0 bridgehead atoms. The summed E-state index contributed by atoms with van der Waals surface area (Å²) in [6, 6.07) is 0. The summed E-state index contributed by atoms with van der Waals surface area (Å²) in [6.07, 6.45) is -3.29. The van der Waals surface area contributed by atoms with E-state index < -0.39 is 12.2 Å². The van der Waals surface area contributed by atoms with Gasteiger partial charge in [0.15, 0.2) is 6.29 Å². The van der Waals surface area contributed by atoms with Gasteiger partial charge in [-0.1, -0.05) is 0 Å². The van der Waals surface area contributed by atoms with Gasteiger partial charge >= 0.3 is 6.36 Å². The molecule has 4 nitrogen and oxygen atoms in total. The monoisotopic (exact) mass is 234 g/mol. The summed E-state index contributed by atoms with van der Waals surface area (Å²) in [7, 11) is 0. The molecule has 1 aromatic rings. The molecule has 0 aliphatic rings. The van der Waals surface area contributed by atoms with Crippen LogP contribution in [0, 0.1) is 6.92 Å². The quantitative estimate of drug-likeness (QED) is 0.806. The number of hydrogen-bond donors (Lipinski definition) is 1. The van der Waals surface area contributed by atoms with Gasteiger partial charge in [-0.25, -0.2) is 4.98 Å². The van der Waals surface area contributed by atoms with Crippen LogP contribution in [0.1, 0.15) is 21.5 Å². The van der Waals surface area contributed by atoms with Crippen molar-refractivity contribution in [3.8, 4) is 5.88 Å². The maximum absolute atomic E-state index is 12.0. The lowest BCUT2D eigenvalue weighted by molar-refractivity contribution is -0.276. The number of alkyl halides is 3. The molecule has 2 N–H and O–H groups in total. The van der Waals surface area contributed by atoms with Crippen LogP contribution >= 0.6 is 0 Å². The van der Waals surface area contributed by atoms with Crippen LogP contribution in [-0.2, 0) is 6.54 Å². The van der Waals surface area contributed by atoms with Gasteiger partial charge in [0.2, 0.25) is 5.88 Å². The van der Waals surface area contributed by atoms with E-state index >= 15 is 0 Å². The minimum Gasteiger partial charge on any atom is -0.388 e. The number of nitrogens with two attached hydrogens (primary N) is 1. The molecular formula is C9H9F3N2O2. The first kappa shape index (κ1) is 12.4. The fourth-order valence-electron chi connectivity index (χ4n) is 1.22. The van der Waals surface area contributed by atoms with E-state index in [0.717, 1.165) is 6.20 Å². The predicted octanol–water partition coefficient (Wildman–Crippen LogP) is 1.56. The Morgan fingerprint density at radius 1 is 1.56 bits per heavy atom. The molecule has 0 fully saturated rings. The van der Waals surface area contributed by atoms with Crippen molar-refractivity contribution in [2.24, 2.45) is 5.73 Å². The van der Waals surface area contributed by atoms with Gasteiger partial charge in [0.25, 0.3) is 0 Å². The molecule has 0 aromatic carbocycles. The van der Waals surface area contributed by atoms with Crippen molar-refractivity contribution in [1.29, 1.82) is 0 Å². The maximum atomic E-state index is 12.0. The minimum atomic E-state index is -4.85. The molecule has 88 valence electrons. The van der Waals surface area contributed by atoms with Crippen molar-refractivity contribution < 1.29 is 22.7 Å². The van der Waals surface area contributed by atoms with Gasteiger partial charge < -0.3 is 10.5 Å². The molecule has 0 saturated heterocycles. The number of ether oxygens (including phenoxy) is 1. The van der Waals surface area contributed by atoms with E-state index in [2.05, 4.69) is 9.72 Å². The van der Waals surface area contributed by atoms with Crippen molar-refractivity contribution in [3.63, 3.8) is 0 Å². The normalized spacial score (nSPS) is 11.3. The molecule has 0 aliphatic carbocycles. The molecule has 7 heteroatoms. The van der Waals surface area contributed by atoms with Crippen LogP contribution in [0.4, 0.5) is 13.2 Å². The molecule has 1 aromatic heterocycles. The number of rotatable bonds is 3. The van der Waals surface area contributed by atoms with Crippen LogP contribution in [0.25, 0.3) is 0 Å². The standard InChI is InChI=1S/C9H9F3N2O2/c1-5-3-14-8(16-9(10,11)12)6(2-13)7(5)4-15/h3-4H,2,13H2,1H3. The van der Waals surface area contributed by atoms with Crippen molar-refractivity contribution in [2.45, 2.75) is 19.8 Å². The maximum Gasteiger partial charge on any atom is 0.574 e. The number of hydrogen-bond acceptors (Lipinski definition) is 4. The molecule has 0 atom stereocenters. The summed E-state index contributed by atoms with van der Waals surface area (Å²) in [6.45, 7) is 1.29. The molecule has 0 saturated carbocycles. The van der Waals surface area contributed by atoms with Crippen LogP contribution in [0.15, 0.2) is 6.20 Å². The van der Waals surface area contributed by atoms with Crippen molar-refractivity contribution >= 4 is 6.29 Å². The van der Waals surface area contributed by atoms with E-state index in [-0.39, 0.29) is 17.7 Å². The Kier molecular flexibility index (Phi) is 3.48. The van der Waals surface area contributed by atoms with Crippen molar-refractivity contribution in [1.82, 2.24) is 4.98 Å². The average Bonchev–Trinajstić information content (AvgIpc) is 2.18. The molecular weight excluding hydrogens is 225 g/mol. The Hall–Kier alpha value is -1.63. The van der Waals surface area contributed by atoms with Crippen LogP contribution in [0.5, 0.6) is 5.88 Å². The summed E-state index contributed by atoms with van der Waals surface area (Å²) in [5.41, 5.74) is 5.75. The largest absolute Gasteiger partial charge is 0.574 e. The molecule has 0 spiro atoms. The highest BCUT2D eigenvalue weighted by molar-refractivity contribution is 5.80. The molecule has 0 radical (unpaired) electrons. The summed E-state index contributed by atoms with van der Waals surface area (Å²) < 4.78 is 39.7. The summed E-state index contributed by atoms with van der Waals surface area (Å²) in [4.78, 5) is 14.2. The zero-order valence-corrected chi connectivity index (χ0v) is 8.34. The van der Waals surface area contributed by atoms with Gasteiger partial charge in [-0.15, -0.1) is 13.2 Å².